The third kappa shape index (κ3) is 3.07. The Labute approximate surface area is 271 Å². The van der Waals surface area contributed by atoms with Gasteiger partial charge in [-0.1, -0.05) is 117 Å². The van der Waals surface area contributed by atoms with E-state index in [0.29, 0.717) is 5.69 Å². The maximum atomic E-state index is 15.7. The van der Waals surface area contributed by atoms with Gasteiger partial charge in [-0.3, -0.25) is 14.4 Å². The fraction of sp³-hybridized carbons (Fsp3) is 0.135. The van der Waals surface area contributed by atoms with E-state index in [1.807, 2.05) is 102 Å². The van der Waals surface area contributed by atoms with Crippen LogP contribution in [0.4, 0.5) is 11.4 Å². The molecule has 5 aromatic rings. The summed E-state index contributed by atoms with van der Waals surface area (Å²) in [6.07, 6.45) is 0. The molecule has 2 heterocycles. The summed E-state index contributed by atoms with van der Waals surface area (Å²) in [5.74, 6) is -1.52. The number of carbonyl (C=O) groups excluding carboxylic acids is 2. The predicted octanol–water partition coefficient (Wildman–Crippen LogP) is 8.29. The molecule has 0 spiro atoms. The molecule has 44 heavy (non-hydrogen) atoms. The summed E-state index contributed by atoms with van der Waals surface area (Å²) in [4.78, 5) is 39.8. The quantitative estimate of drug-likeness (QED) is 0.178. The van der Waals surface area contributed by atoms with Gasteiger partial charge < -0.3 is 0 Å². The lowest BCUT2D eigenvalue weighted by Crippen LogP contribution is -2.63. The second kappa shape index (κ2) is 9.24. The normalized spacial score (nSPS) is 27.6. The van der Waals surface area contributed by atoms with Gasteiger partial charge in [0, 0.05) is 14.9 Å². The van der Waals surface area contributed by atoms with E-state index in [0.717, 1.165) is 42.5 Å². The number of carbonyl (C=O) groups is 2. The van der Waals surface area contributed by atoms with Crippen LogP contribution in [0.1, 0.15) is 45.7 Å². The van der Waals surface area contributed by atoms with Gasteiger partial charge in [-0.25, -0.2) is 9.96 Å². The van der Waals surface area contributed by atoms with Crippen LogP contribution in [0, 0.1) is 5.41 Å². The van der Waals surface area contributed by atoms with Crippen molar-refractivity contribution < 1.29 is 14.4 Å². The van der Waals surface area contributed by atoms with E-state index in [1.165, 1.54) is 4.90 Å². The van der Waals surface area contributed by atoms with Crippen LogP contribution >= 0.6 is 31.9 Å². The number of halogens is 2. The standard InChI is InChI=1S/C37H24Br2N2O3/c38-23-11-8-10-22(20-23)33-36-31-27-16-4-6-18-29(27)32(30-19-7-5-17-28(30)31)37(36,44-41(33)25-13-2-1-3-14-25)35(43)40(34(36)42)26-15-9-12-24(39)21-26/h1-21,31-33H. The van der Waals surface area contributed by atoms with Crippen LogP contribution in [0.5, 0.6) is 0 Å². The van der Waals surface area contributed by atoms with Gasteiger partial charge in [-0.15, -0.1) is 0 Å². The number of hydroxylamine groups is 1. The molecule has 2 amide bonds. The van der Waals surface area contributed by atoms with Crippen molar-refractivity contribution in [2.75, 3.05) is 9.96 Å². The highest BCUT2D eigenvalue weighted by Crippen LogP contribution is 2.77. The van der Waals surface area contributed by atoms with Gasteiger partial charge >= 0.3 is 0 Å². The summed E-state index contributed by atoms with van der Waals surface area (Å²) in [7, 11) is 0. The number of hydrogen-bond donors (Lipinski definition) is 0. The van der Waals surface area contributed by atoms with Gasteiger partial charge in [-0.2, -0.15) is 0 Å². The van der Waals surface area contributed by atoms with Gasteiger partial charge in [0.2, 0.25) is 11.5 Å². The lowest BCUT2D eigenvalue weighted by molar-refractivity contribution is -0.153. The number of anilines is 2. The number of nitrogens with zero attached hydrogens (tertiary/aromatic N) is 2. The molecule has 5 aliphatic rings. The van der Waals surface area contributed by atoms with Crippen molar-refractivity contribution in [3.8, 4) is 0 Å². The first-order valence-corrected chi connectivity index (χ1v) is 16.2. The maximum Gasteiger partial charge on any atom is 0.271 e. The minimum atomic E-state index is -1.54. The number of imide groups is 1. The number of benzene rings is 5. The molecule has 214 valence electrons. The predicted molar refractivity (Wildman–Crippen MR) is 175 cm³/mol. The molecule has 0 saturated carbocycles. The highest BCUT2D eigenvalue weighted by atomic mass is 79.9. The average molecular weight is 704 g/mol. The largest absolute Gasteiger partial charge is 0.273 e. The monoisotopic (exact) mass is 702 g/mol. The van der Waals surface area contributed by atoms with E-state index >= 15 is 9.59 Å². The Bertz CT molecular complexity index is 1990. The van der Waals surface area contributed by atoms with E-state index in [2.05, 4.69) is 62.2 Å². The van der Waals surface area contributed by atoms with Crippen molar-refractivity contribution >= 4 is 55.0 Å². The highest BCUT2D eigenvalue weighted by molar-refractivity contribution is 9.10. The Morgan fingerprint density at radius 1 is 0.568 bits per heavy atom. The fourth-order valence-corrected chi connectivity index (χ4v) is 9.36. The van der Waals surface area contributed by atoms with Crippen LogP contribution in [0.3, 0.4) is 0 Å². The molecule has 7 heteroatoms. The van der Waals surface area contributed by atoms with Crippen molar-refractivity contribution in [3.05, 3.63) is 164 Å². The first kappa shape index (κ1) is 26.4. The topological polar surface area (TPSA) is 49.9 Å². The summed E-state index contributed by atoms with van der Waals surface area (Å²) in [5.41, 5.74) is 3.56. The smallest absolute Gasteiger partial charge is 0.271 e. The third-order valence-corrected chi connectivity index (χ3v) is 10.9. The van der Waals surface area contributed by atoms with Crippen molar-refractivity contribution in [1.82, 2.24) is 0 Å². The lowest BCUT2D eigenvalue weighted by Gasteiger charge is -2.55. The summed E-state index contributed by atoms with van der Waals surface area (Å²) in [6, 6.07) is 41.2. The van der Waals surface area contributed by atoms with Crippen LogP contribution in [0.2, 0.25) is 0 Å². The first-order valence-electron chi connectivity index (χ1n) is 14.6. The summed E-state index contributed by atoms with van der Waals surface area (Å²) in [5, 5.41) is 1.85. The van der Waals surface area contributed by atoms with E-state index in [4.69, 9.17) is 4.84 Å². The molecule has 3 aliphatic carbocycles. The molecule has 2 saturated heterocycles. The maximum absolute atomic E-state index is 15.7. The molecule has 10 rings (SSSR count). The molecule has 2 aliphatic heterocycles. The van der Waals surface area contributed by atoms with Crippen molar-refractivity contribution in [1.29, 1.82) is 0 Å². The molecule has 2 bridgehead atoms. The Hall–Kier alpha value is -4.04. The van der Waals surface area contributed by atoms with Crippen LogP contribution in [0.15, 0.2) is 136 Å². The summed E-state index contributed by atoms with van der Waals surface area (Å²) < 4.78 is 1.68. The third-order valence-electron chi connectivity index (χ3n) is 9.94. The van der Waals surface area contributed by atoms with E-state index in [-0.39, 0.29) is 11.8 Å². The molecule has 2 fully saturated rings. The molecule has 3 unspecified atom stereocenters. The second-order valence-corrected chi connectivity index (χ2v) is 13.7. The van der Waals surface area contributed by atoms with Crippen LogP contribution < -0.4 is 9.96 Å². The Morgan fingerprint density at radius 3 is 1.73 bits per heavy atom. The first-order chi connectivity index (χ1) is 21.5. The van der Waals surface area contributed by atoms with Gasteiger partial charge in [0.15, 0.2) is 0 Å². The average Bonchev–Trinajstić information content (AvgIpc) is 3.49. The minimum Gasteiger partial charge on any atom is -0.273 e. The molecule has 3 atom stereocenters. The van der Waals surface area contributed by atoms with Crippen LogP contribution in [-0.2, 0) is 14.4 Å². The lowest BCUT2D eigenvalue weighted by atomic mass is 9.43. The zero-order chi connectivity index (χ0) is 29.8. The van der Waals surface area contributed by atoms with Gasteiger partial charge in [-0.05, 0) is 70.3 Å². The van der Waals surface area contributed by atoms with Gasteiger partial charge in [0.25, 0.3) is 5.91 Å². The number of rotatable bonds is 3. The zero-order valence-corrected chi connectivity index (χ0v) is 26.4. The summed E-state index contributed by atoms with van der Waals surface area (Å²) >= 11 is 7.26. The van der Waals surface area contributed by atoms with E-state index < -0.39 is 28.9 Å². The fourth-order valence-electron chi connectivity index (χ4n) is 8.56. The molecular weight excluding hydrogens is 680 g/mol. The zero-order valence-electron chi connectivity index (χ0n) is 23.2. The molecular formula is C37H24Br2N2O3. The molecule has 5 nitrogen and oxygen atoms in total. The van der Waals surface area contributed by atoms with Crippen LogP contribution in [-0.4, -0.2) is 17.4 Å². The van der Waals surface area contributed by atoms with Crippen molar-refractivity contribution in [2.45, 2.75) is 23.5 Å². The van der Waals surface area contributed by atoms with Crippen molar-refractivity contribution in [2.24, 2.45) is 5.41 Å². The Balaban J connectivity index is 1.44. The van der Waals surface area contributed by atoms with E-state index in [9.17, 15) is 0 Å². The SMILES string of the molecule is O=C1N(c2cccc(Br)c2)C(=O)C23C4c5ccccc5C(c5ccccc54)C12ON(c1ccccc1)C3c1cccc(Br)c1. The minimum absolute atomic E-state index is 0.247. The summed E-state index contributed by atoms with van der Waals surface area (Å²) in [6.45, 7) is 0. The molecule has 5 aromatic carbocycles. The second-order valence-electron chi connectivity index (χ2n) is 11.9. The van der Waals surface area contributed by atoms with E-state index in [1.54, 1.807) is 0 Å². The van der Waals surface area contributed by atoms with Gasteiger partial charge in [0.1, 0.15) is 11.5 Å². The molecule has 0 radical (unpaired) electrons. The number of amides is 2. The Morgan fingerprint density at radius 2 is 1.11 bits per heavy atom. The highest BCUT2D eigenvalue weighted by Gasteiger charge is 2.87. The Kier molecular flexibility index (Phi) is 5.54. The van der Waals surface area contributed by atoms with Crippen LogP contribution in [0.25, 0.3) is 0 Å². The molecule has 0 aromatic heterocycles. The van der Waals surface area contributed by atoms with Crippen molar-refractivity contribution in [3.63, 3.8) is 0 Å². The molecule has 0 N–H and O–H groups in total. The number of para-hydroxylation sites is 1. The van der Waals surface area contributed by atoms with Gasteiger partial charge in [0.05, 0.1) is 17.3 Å². The number of hydrogen-bond acceptors (Lipinski definition) is 4.